The summed E-state index contributed by atoms with van der Waals surface area (Å²) in [4.78, 5) is 11.2. The topological polar surface area (TPSA) is 80.9 Å². The van der Waals surface area contributed by atoms with Gasteiger partial charge in [-0.25, -0.2) is 0 Å². The van der Waals surface area contributed by atoms with Crippen molar-refractivity contribution in [1.82, 2.24) is 10.2 Å². The minimum atomic E-state index is -0.190. The lowest BCUT2D eigenvalue weighted by molar-refractivity contribution is -0.122. The van der Waals surface area contributed by atoms with Crippen molar-refractivity contribution >= 4 is 34.1 Å². The number of rotatable bonds is 3. The van der Waals surface area contributed by atoms with E-state index in [9.17, 15) is 4.79 Å². The lowest BCUT2D eigenvalue weighted by atomic mass is 9.85. The Bertz CT molecular complexity index is 668. The molecule has 1 heterocycles. The Hall–Kier alpha value is -1.88. The molecule has 0 atom stereocenters. The van der Waals surface area contributed by atoms with Gasteiger partial charge in [0.15, 0.2) is 11.0 Å². The van der Waals surface area contributed by atoms with Gasteiger partial charge in [0.05, 0.1) is 0 Å². The summed E-state index contributed by atoms with van der Waals surface area (Å²) >= 11 is 6.07. The van der Waals surface area contributed by atoms with Crippen LogP contribution in [0.2, 0.25) is 5.15 Å². The molecule has 2 aromatic rings. The Labute approximate surface area is 127 Å². The van der Waals surface area contributed by atoms with Crippen molar-refractivity contribution in [3.8, 4) is 0 Å². The number of hydrogen-bond acceptors (Lipinski definition) is 4. The van der Waals surface area contributed by atoms with E-state index in [4.69, 9.17) is 17.3 Å². The Morgan fingerprint density at radius 1 is 1.14 bits per heavy atom. The highest BCUT2D eigenvalue weighted by atomic mass is 35.5. The van der Waals surface area contributed by atoms with Crippen LogP contribution in [0.4, 0.5) is 5.82 Å². The molecule has 0 bridgehead atoms. The number of halogens is 1. The molecule has 5 nitrogen and oxygen atoms in total. The van der Waals surface area contributed by atoms with Gasteiger partial charge in [0.25, 0.3) is 0 Å². The molecule has 3 rings (SSSR count). The number of carbonyl (C=O) groups is 1. The van der Waals surface area contributed by atoms with Gasteiger partial charge in [0.2, 0.25) is 5.91 Å². The van der Waals surface area contributed by atoms with Crippen molar-refractivity contribution in [2.75, 3.05) is 5.32 Å². The van der Waals surface area contributed by atoms with Crippen molar-refractivity contribution in [3.05, 3.63) is 29.4 Å². The summed E-state index contributed by atoms with van der Waals surface area (Å²) in [5.74, 6) is 0.568. The zero-order valence-electron chi connectivity index (χ0n) is 11.6. The summed E-state index contributed by atoms with van der Waals surface area (Å²) in [6.45, 7) is 0. The number of nitrogens with two attached hydrogens (primary N) is 1. The van der Waals surface area contributed by atoms with E-state index in [1.54, 1.807) is 0 Å². The third-order valence-corrected chi connectivity index (χ3v) is 4.39. The third-order valence-electron chi connectivity index (χ3n) is 4.11. The number of benzene rings is 1. The number of amides is 1. The number of carbonyl (C=O) groups excluding carboxylic acids is 1. The first-order valence-corrected chi connectivity index (χ1v) is 7.49. The number of anilines is 1. The van der Waals surface area contributed by atoms with Crippen LogP contribution < -0.4 is 11.1 Å². The van der Waals surface area contributed by atoms with Crippen LogP contribution in [0.25, 0.3) is 10.8 Å². The molecule has 21 heavy (non-hydrogen) atoms. The lowest BCUT2D eigenvalue weighted by Gasteiger charge is -2.27. The number of nitrogens with one attached hydrogen (secondary N) is 1. The third kappa shape index (κ3) is 2.93. The maximum Gasteiger partial charge on any atom is 0.220 e. The van der Waals surface area contributed by atoms with E-state index in [2.05, 4.69) is 15.5 Å². The molecule has 0 unspecified atom stereocenters. The van der Waals surface area contributed by atoms with Gasteiger partial charge >= 0.3 is 0 Å². The van der Waals surface area contributed by atoms with Crippen molar-refractivity contribution in [1.29, 1.82) is 0 Å². The summed E-state index contributed by atoms with van der Waals surface area (Å²) in [7, 11) is 0. The second kappa shape index (κ2) is 5.85. The smallest absolute Gasteiger partial charge is 0.220 e. The second-order valence-electron chi connectivity index (χ2n) is 5.48. The minimum Gasteiger partial charge on any atom is -0.369 e. The number of nitrogens with zero attached hydrogens (tertiary/aromatic N) is 2. The fourth-order valence-corrected chi connectivity index (χ4v) is 3.10. The first-order chi connectivity index (χ1) is 10.1. The number of aromatic nitrogens is 2. The molecule has 0 spiro atoms. The van der Waals surface area contributed by atoms with Gasteiger partial charge in [-0.05, 0) is 25.7 Å². The van der Waals surface area contributed by atoms with Crippen LogP contribution in [0, 0.1) is 5.92 Å². The van der Waals surface area contributed by atoms with Gasteiger partial charge in [-0.1, -0.05) is 35.9 Å². The van der Waals surface area contributed by atoms with Gasteiger partial charge < -0.3 is 11.1 Å². The monoisotopic (exact) mass is 304 g/mol. The average Bonchev–Trinajstić information content (AvgIpc) is 2.51. The highest BCUT2D eigenvalue weighted by molar-refractivity contribution is 6.34. The Morgan fingerprint density at radius 2 is 1.81 bits per heavy atom. The molecule has 3 N–H and O–H groups in total. The van der Waals surface area contributed by atoms with Crippen LogP contribution in [0.1, 0.15) is 25.7 Å². The molecule has 1 aliphatic carbocycles. The molecule has 0 radical (unpaired) electrons. The summed E-state index contributed by atoms with van der Waals surface area (Å²) in [6, 6.07) is 8.08. The summed E-state index contributed by atoms with van der Waals surface area (Å²) in [6.07, 6.45) is 3.47. The van der Waals surface area contributed by atoms with E-state index >= 15 is 0 Å². The first kappa shape index (κ1) is 14.1. The molecular weight excluding hydrogens is 288 g/mol. The predicted molar refractivity (Wildman–Crippen MR) is 83.1 cm³/mol. The molecule has 1 saturated carbocycles. The number of primary amides is 1. The standard InChI is InChI=1S/C15H17ClN4O/c16-13-11-3-1-2-4-12(11)15(20-19-13)18-10-7-5-9(6-8-10)14(17)21/h1-4,9-10H,5-8H2,(H2,17,21)(H,18,20). The van der Waals surface area contributed by atoms with Crippen molar-refractivity contribution in [2.24, 2.45) is 11.7 Å². The highest BCUT2D eigenvalue weighted by Gasteiger charge is 2.25. The predicted octanol–water partition coefficient (Wildman–Crippen LogP) is 2.74. The zero-order valence-corrected chi connectivity index (χ0v) is 12.3. The van der Waals surface area contributed by atoms with Crippen LogP contribution in [0.3, 0.4) is 0 Å². The van der Waals surface area contributed by atoms with Crippen LogP contribution in [0.5, 0.6) is 0 Å². The quantitative estimate of drug-likeness (QED) is 0.913. The van der Waals surface area contributed by atoms with Crippen molar-refractivity contribution < 1.29 is 4.79 Å². The largest absolute Gasteiger partial charge is 0.369 e. The van der Waals surface area contributed by atoms with Gasteiger partial charge in [0, 0.05) is 22.7 Å². The number of hydrogen-bond donors (Lipinski definition) is 2. The van der Waals surface area contributed by atoms with Crippen LogP contribution in [-0.2, 0) is 4.79 Å². The summed E-state index contributed by atoms with van der Waals surface area (Å²) in [5, 5.41) is 13.9. The molecular formula is C15H17ClN4O. The Kier molecular flexibility index (Phi) is 3.92. The fourth-order valence-electron chi connectivity index (χ4n) is 2.89. The van der Waals surface area contributed by atoms with Crippen LogP contribution >= 0.6 is 11.6 Å². The molecule has 110 valence electrons. The maximum atomic E-state index is 11.2. The van der Waals surface area contributed by atoms with Crippen LogP contribution in [0.15, 0.2) is 24.3 Å². The van der Waals surface area contributed by atoms with E-state index in [0.29, 0.717) is 11.2 Å². The Morgan fingerprint density at radius 3 is 2.48 bits per heavy atom. The number of fused-ring (bicyclic) bond motifs is 1. The van der Waals surface area contributed by atoms with Crippen molar-refractivity contribution in [3.63, 3.8) is 0 Å². The molecule has 1 aliphatic rings. The minimum absolute atomic E-state index is 0.0103. The fraction of sp³-hybridized carbons (Fsp3) is 0.400. The average molecular weight is 305 g/mol. The van der Waals surface area contributed by atoms with E-state index in [-0.39, 0.29) is 11.8 Å². The summed E-state index contributed by atoms with van der Waals surface area (Å²) < 4.78 is 0. The summed E-state index contributed by atoms with van der Waals surface area (Å²) in [5.41, 5.74) is 5.36. The van der Waals surface area contributed by atoms with Gasteiger partial charge in [-0.2, -0.15) is 0 Å². The maximum absolute atomic E-state index is 11.2. The Balaban J connectivity index is 1.77. The zero-order chi connectivity index (χ0) is 14.8. The van der Waals surface area contributed by atoms with Gasteiger partial charge in [-0.15, -0.1) is 10.2 Å². The molecule has 1 amide bonds. The molecule has 0 aliphatic heterocycles. The molecule has 1 fully saturated rings. The highest BCUT2D eigenvalue weighted by Crippen LogP contribution is 2.30. The van der Waals surface area contributed by atoms with E-state index in [1.165, 1.54) is 0 Å². The van der Waals surface area contributed by atoms with Gasteiger partial charge in [0.1, 0.15) is 0 Å². The molecule has 1 aromatic carbocycles. The van der Waals surface area contributed by atoms with Crippen LogP contribution in [-0.4, -0.2) is 22.1 Å². The normalized spacial score (nSPS) is 22.1. The second-order valence-corrected chi connectivity index (χ2v) is 5.84. The first-order valence-electron chi connectivity index (χ1n) is 7.12. The van der Waals surface area contributed by atoms with E-state index in [0.717, 1.165) is 42.3 Å². The van der Waals surface area contributed by atoms with E-state index < -0.39 is 0 Å². The SMILES string of the molecule is NC(=O)C1CCC(Nc2nnc(Cl)c3ccccc23)CC1. The molecule has 1 aromatic heterocycles. The van der Waals surface area contributed by atoms with Gasteiger partial charge in [-0.3, -0.25) is 4.79 Å². The lowest BCUT2D eigenvalue weighted by Crippen LogP contribution is -2.32. The molecule has 0 saturated heterocycles. The van der Waals surface area contributed by atoms with E-state index in [1.807, 2.05) is 24.3 Å². The van der Waals surface area contributed by atoms with Crippen molar-refractivity contribution in [2.45, 2.75) is 31.7 Å². The molecule has 6 heteroatoms.